The molecule has 2 rings (SSSR count). The summed E-state index contributed by atoms with van der Waals surface area (Å²) in [7, 11) is 5.70. The normalized spacial score (nSPS) is 9.87. The predicted octanol–water partition coefficient (Wildman–Crippen LogP) is 3.17. The van der Waals surface area contributed by atoms with E-state index in [0.717, 1.165) is 17.9 Å². The maximum atomic E-state index is 12.7. The van der Waals surface area contributed by atoms with Gasteiger partial charge in [-0.1, -0.05) is 30.3 Å². The van der Waals surface area contributed by atoms with Gasteiger partial charge in [0, 0.05) is 32.9 Å². The topological polar surface area (TPSA) is 35.6 Å². The van der Waals surface area contributed by atoms with E-state index in [4.69, 9.17) is 0 Å². The van der Waals surface area contributed by atoms with Gasteiger partial charge in [-0.05, 0) is 31.3 Å². The molecule has 0 atom stereocenters. The van der Waals surface area contributed by atoms with Crippen molar-refractivity contribution in [3.8, 4) is 0 Å². The van der Waals surface area contributed by atoms with Crippen molar-refractivity contribution >= 4 is 29.7 Å². The van der Waals surface area contributed by atoms with Crippen molar-refractivity contribution < 1.29 is 4.79 Å². The lowest BCUT2D eigenvalue weighted by molar-refractivity contribution is 0.0797. The van der Waals surface area contributed by atoms with Crippen molar-refractivity contribution in [2.24, 2.45) is 0 Å². The van der Waals surface area contributed by atoms with Crippen molar-refractivity contribution in [3.05, 3.63) is 60.2 Å². The summed E-state index contributed by atoms with van der Waals surface area (Å²) >= 11 is 0. The maximum absolute atomic E-state index is 12.7. The highest BCUT2D eigenvalue weighted by atomic mass is 35.5. The van der Waals surface area contributed by atoms with Crippen LogP contribution in [0.15, 0.2) is 54.6 Å². The first-order valence-corrected chi connectivity index (χ1v) is 7.43. The molecule has 2 aromatic carbocycles. The summed E-state index contributed by atoms with van der Waals surface area (Å²) in [6.07, 6.45) is 0. The Morgan fingerprint density at radius 3 is 2.26 bits per heavy atom. The van der Waals surface area contributed by atoms with Crippen LogP contribution >= 0.6 is 12.4 Å². The van der Waals surface area contributed by atoms with Crippen LogP contribution in [0.1, 0.15) is 10.4 Å². The molecule has 0 spiro atoms. The Kier molecular flexibility index (Phi) is 7.59. The van der Waals surface area contributed by atoms with E-state index < -0.39 is 0 Å². The second-order valence-electron chi connectivity index (χ2n) is 5.24. The van der Waals surface area contributed by atoms with Crippen LogP contribution in [0.5, 0.6) is 0 Å². The van der Waals surface area contributed by atoms with Crippen LogP contribution in [0.3, 0.4) is 0 Å². The highest BCUT2D eigenvalue weighted by Crippen LogP contribution is 2.27. The molecule has 23 heavy (non-hydrogen) atoms. The second-order valence-corrected chi connectivity index (χ2v) is 5.24. The summed E-state index contributed by atoms with van der Waals surface area (Å²) < 4.78 is 0. The van der Waals surface area contributed by atoms with Crippen molar-refractivity contribution in [1.29, 1.82) is 0 Å². The van der Waals surface area contributed by atoms with Crippen LogP contribution < -0.4 is 10.2 Å². The van der Waals surface area contributed by atoms with Gasteiger partial charge in [0.1, 0.15) is 0 Å². The van der Waals surface area contributed by atoms with Gasteiger partial charge in [0.05, 0.1) is 11.3 Å². The Bertz CT molecular complexity index is 619. The van der Waals surface area contributed by atoms with Crippen molar-refractivity contribution in [1.82, 2.24) is 10.2 Å². The molecule has 1 N–H and O–H groups in total. The molecule has 0 aliphatic rings. The molecule has 0 radical (unpaired) electrons. The minimum absolute atomic E-state index is 0. The van der Waals surface area contributed by atoms with Gasteiger partial charge < -0.3 is 15.1 Å². The molecule has 0 unspecified atom stereocenters. The molecule has 0 saturated heterocycles. The molecule has 5 heteroatoms. The fourth-order valence-corrected chi connectivity index (χ4v) is 2.32. The van der Waals surface area contributed by atoms with E-state index in [-0.39, 0.29) is 18.3 Å². The Balaban J connectivity index is 0.00000264. The lowest BCUT2D eigenvalue weighted by atomic mass is 10.1. The molecular formula is C18H24ClN3O. The molecule has 0 aromatic heterocycles. The summed E-state index contributed by atoms with van der Waals surface area (Å²) in [6.45, 7) is 1.46. The number of benzene rings is 2. The van der Waals surface area contributed by atoms with Crippen LogP contribution in [-0.4, -0.2) is 45.0 Å². The van der Waals surface area contributed by atoms with Gasteiger partial charge in [0.15, 0.2) is 0 Å². The van der Waals surface area contributed by atoms with Crippen LogP contribution in [0.25, 0.3) is 0 Å². The highest BCUT2D eigenvalue weighted by molar-refractivity contribution is 6.00. The summed E-state index contributed by atoms with van der Waals surface area (Å²) in [6, 6.07) is 17.8. The van der Waals surface area contributed by atoms with E-state index in [2.05, 4.69) is 5.32 Å². The first-order valence-electron chi connectivity index (χ1n) is 7.43. The number of hydrogen-bond donors (Lipinski definition) is 1. The molecule has 124 valence electrons. The zero-order valence-corrected chi connectivity index (χ0v) is 14.6. The number of likely N-dealkylation sites (N-methyl/N-ethyl adjacent to an activating group) is 2. The van der Waals surface area contributed by atoms with E-state index >= 15 is 0 Å². The zero-order chi connectivity index (χ0) is 15.9. The van der Waals surface area contributed by atoms with Crippen molar-refractivity contribution in [3.63, 3.8) is 0 Å². The number of nitrogens with one attached hydrogen (secondary N) is 1. The summed E-state index contributed by atoms with van der Waals surface area (Å²) in [5.74, 6) is 0.0358. The molecule has 0 fully saturated rings. The SMILES string of the molecule is CNCCN(C)C(=O)c1ccccc1N(C)c1ccccc1.Cl. The fraction of sp³-hybridized carbons (Fsp3) is 0.278. The quantitative estimate of drug-likeness (QED) is 0.882. The van der Waals surface area contributed by atoms with Gasteiger partial charge >= 0.3 is 0 Å². The first kappa shape index (κ1) is 19.0. The fourth-order valence-electron chi connectivity index (χ4n) is 2.32. The number of rotatable bonds is 6. The zero-order valence-electron chi connectivity index (χ0n) is 13.8. The van der Waals surface area contributed by atoms with E-state index in [1.165, 1.54) is 0 Å². The molecule has 0 heterocycles. The highest BCUT2D eigenvalue weighted by Gasteiger charge is 2.17. The smallest absolute Gasteiger partial charge is 0.255 e. The minimum Gasteiger partial charge on any atom is -0.344 e. The van der Waals surface area contributed by atoms with E-state index in [9.17, 15) is 4.79 Å². The first-order chi connectivity index (χ1) is 10.6. The average molecular weight is 334 g/mol. The average Bonchev–Trinajstić information content (AvgIpc) is 2.59. The number of carbonyl (C=O) groups excluding carboxylic acids is 1. The molecule has 0 aliphatic heterocycles. The number of hydrogen-bond acceptors (Lipinski definition) is 3. The third kappa shape index (κ3) is 4.71. The number of carbonyl (C=O) groups is 1. The van der Waals surface area contributed by atoms with Crippen LogP contribution in [0.2, 0.25) is 0 Å². The summed E-state index contributed by atoms with van der Waals surface area (Å²) in [5.41, 5.74) is 2.68. The Hall–Kier alpha value is -2.04. The van der Waals surface area contributed by atoms with E-state index in [1.54, 1.807) is 4.90 Å². The van der Waals surface area contributed by atoms with E-state index in [0.29, 0.717) is 12.1 Å². The Labute approximate surface area is 144 Å². The van der Waals surface area contributed by atoms with Crippen molar-refractivity contribution in [2.75, 3.05) is 39.1 Å². The number of nitrogens with zero attached hydrogens (tertiary/aromatic N) is 2. The van der Waals surface area contributed by atoms with Gasteiger partial charge in [-0.2, -0.15) is 0 Å². The summed E-state index contributed by atoms with van der Waals surface area (Å²) in [5, 5.41) is 3.06. The third-order valence-electron chi connectivity index (χ3n) is 3.68. The molecule has 0 saturated carbocycles. The standard InChI is InChI=1S/C18H23N3O.ClH/c1-19-13-14-20(2)18(22)16-11-7-8-12-17(16)21(3)15-9-5-4-6-10-15;/h4-12,19H,13-14H2,1-3H3;1H. The second kappa shape index (κ2) is 9.18. The monoisotopic (exact) mass is 333 g/mol. The molecule has 4 nitrogen and oxygen atoms in total. The Morgan fingerprint density at radius 2 is 1.61 bits per heavy atom. The maximum Gasteiger partial charge on any atom is 0.255 e. The largest absolute Gasteiger partial charge is 0.344 e. The lowest BCUT2D eigenvalue weighted by Crippen LogP contribution is -2.33. The predicted molar refractivity (Wildman–Crippen MR) is 99.1 cm³/mol. The molecule has 0 bridgehead atoms. The minimum atomic E-state index is 0. The molecule has 2 aromatic rings. The molecule has 0 aliphatic carbocycles. The van der Waals surface area contributed by atoms with Crippen LogP contribution in [0, 0.1) is 0 Å². The Morgan fingerprint density at radius 1 is 1.00 bits per heavy atom. The number of halogens is 1. The van der Waals surface area contributed by atoms with E-state index in [1.807, 2.05) is 80.6 Å². The van der Waals surface area contributed by atoms with Gasteiger partial charge in [0.2, 0.25) is 0 Å². The van der Waals surface area contributed by atoms with Crippen LogP contribution in [-0.2, 0) is 0 Å². The molecule has 1 amide bonds. The number of anilines is 2. The molecular weight excluding hydrogens is 310 g/mol. The van der Waals surface area contributed by atoms with Gasteiger partial charge in [0.25, 0.3) is 5.91 Å². The third-order valence-corrected chi connectivity index (χ3v) is 3.68. The summed E-state index contributed by atoms with van der Waals surface area (Å²) in [4.78, 5) is 16.5. The van der Waals surface area contributed by atoms with Gasteiger partial charge in [-0.15, -0.1) is 12.4 Å². The van der Waals surface area contributed by atoms with Gasteiger partial charge in [-0.3, -0.25) is 4.79 Å². The lowest BCUT2D eigenvalue weighted by Gasteiger charge is -2.24. The van der Waals surface area contributed by atoms with Crippen molar-refractivity contribution in [2.45, 2.75) is 0 Å². The number of para-hydroxylation sites is 2. The van der Waals surface area contributed by atoms with Crippen LogP contribution in [0.4, 0.5) is 11.4 Å². The number of amides is 1. The van der Waals surface area contributed by atoms with Gasteiger partial charge in [-0.25, -0.2) is 0 Å².